The van der Waals surface area contributed by atoms with Crippen LogP contribution in [0.25, 0.3) is 21.8 Å². The number of halogens is 1. The molecule has 19 heavy (non-hydrogen) atoms. The van der Waals surface area contributed by atoms with E-state index >= 15 is 0 Å². The summed E-state index contributed by atoms with van der Waals surface area (Å²) < 4.78 is 0. The predicted octanol–water partition coefficient (Wildman–Crippen LogP) is 4.71. The van der Waals surface area contributed by atoms with Crippen molar-refractivity contribution in [3.63, 3.8) is 0 Å². The minimum atomic E-state index is 0.719. The molecule has 0 radical (unpaired) electrons. The molecule has 0 aliphatic rings. The minimum Gasteiger partial charge on any atom is -0.399 e. The summed E-state index contributed by atoms with van der Waals surface area (Å²) in [5.41, 5.74) is 9.38. The molecule has 0 spiro atoms. The van der Waals surface area contributed by atoms with Gasteiger partial charge in [0.05, 0.1) is 5.69 Å². The molecule has 2 aromatic carbocycles. The molecule has 3 aromatic rings. The molecule has 0 amide bonds. The first-order valence-electron chi connectivity index (χ1n) is 5.80. The zero-order valence-corrected chi connectivity index (χ0v) is 11.6. The Balaban J connectivity index is 2.00. The number of hydrogen-bond donors (Lipinski definition) is 1. The molecule has 0 aliphatic heterocycles. The van der Waals surface area contributed by atoms with E-state index in [1.165, 1.54) is 0 Å². The van der Waals surface area contributed by atoms with Gasteiger partial charge >= 0.3 is 0 Å². The highest BCUT2D eigenvalue weighted by Gasteiger charge is 2.08. The molecule has 0 saturated carbocycles. The van der Waals surface area contributed by atoms with Gasteiger partial charge in [-0.1, -0.05) is 29.8 Å². The van der Waals surface area contributed by atoms with Crippen LogP contribution in [0.1, 0.15) is 0 Å². The highest BCUT2D eigenvalue weighted by Crippen LogP contribution is 2.32. The fourth-order valence-corrected chi connectivity index (χ4v) is 2.88. The summed E-state index contributed by atoms with van der Waals surface area (Å²) >= 11 is 7.78. The van der Waals surface area contributed by atoms with E-state index in [-0.39, 0.29) is 0 Å². The minimum absolute atomic E-state index is 0.719. The Morgan fingerprint density at radius 2 is 1.74 bits per heavy atom. The van der Waals surface area contributed by atoms with Crippen molar-refractivity contribution in [3.8, 4) is 21.8 Å². The summed E-state index contributed by atoms with van der Waals surface area (Å²) in [4.78, 5) is 4.63. The van der Waals surface area contributed by atoms with Crippen molar-refractivity contribution in [2.24, 2.45) is 0 Å². The Morgan fingerprint density at radius 1 is 1.00 bits per heavy atom. The van der Waals surface area contributed by atoms with Crippen molar-refractivity contribution in [3.05, 3.63) is 58.9 Å². The van der Waals surface area contributed by atoms with Gasteiger partial charge in [0.2, 0.25) is 0 Å². The van der Waals surface area contributed by atoms with Gasteiger partial charge in [-0.2, -0.15) is 0 Å². The molecule has 0 bridgehead atoms. The summed E-state index contributed by atoms with van der Waals surface area (Å²) in [6, 6.07) is 15.4. The van der Waals surface area contributed by atoms with E-state index in [4.69, 9.17) is 17.3 Å². The largest absolute Gasteiger partial charge is 0.399 e. The van der Waals surface area contributed by atoms with E-state index in [0.29, 0.717) is 0 Å². The second kappa shape index (κ2) is 5.03. The smallest absolute Gasteiger partial charge is 0.124 e. The van der Waals surface area contributed by atoms with E-state index in [1.54, 1.807) is 11.3 Å². The molecule has 0 atom stereocenters. The lowest BCUT2D eigenvalue weighted by molar-refractivity contribution is 1.40. The normalized spacial score (nSPS) is 10.6. The standard InChI is InChI=1S/C15H11ClN2S/c16-13-4-2-1-3-12(13)14-9-19-15(18-14)10-5-7-11(17)8-6-10/h1-9H,17H2. The van der Waals surface area contributed by atoms with Gasteiger partial charge in [0.1, 0.15) is 5.01 Å². The number of benzene rings is 2. The van der Waals surface area contributed by atoms with E-state index in [2.05, 4.69) is 4.98 Å². The molecule has 4 heteroatoms. The lowest BCUT2D eigenvalue weighted by atomic mass is 10.2. The third kappa shape index (κ3) is 2.48. The SMILES string of the molecule is Nc1ccc(-c2nc(-c3ccccc3Cl)cs2)cc1. The van der Waals surface area contributed by atoms with Gasteiger partial charge in [0.15, 0.2) is 0 Å². The van der Waals surface area contributed by atoms with E-state index in [9.17, 15) is 0 Å². The highest BCUT2D eigenvalue weighted by atomic mass is 35.5. The Kier molecular flexibility index (Phi) is 3.23. The Morgan fingerprint density at radius 3 is 2.47 bits per heavy atom. The van der Waals surface area contributed by atoms with Crippen LogP contribution in [0.2, 0.25) is 5.02 Å². The van der Waals surface area contributed by atoms with Gasteiger partial charge < -0.3 is 5.73 Å². The van der Waals surface area contributed by atoms with Crippen LogP contribution in [0.4, 0.5) is 5.69 Å². The number of rotatable bonds is 2. The topological polar surface area (TPSA) is 38.9 Å². The number of aromatic nitrogens is 1. The van der Waals surface area contributed by atoms with Crippen molar-refractivity contribution in [1.29, 1.82) is 0 Å². The van der Waals surface area contributed by atoms with Crippen molar-refractivity contribution in [1.82, 2.24) is 4.98 Å². The fraction of sp³-hybridized carbons (Fsp3) is 0. The fourth-order valence-electron chi connectivity index (χ4n) is 1.82. The van der Waals surface area contributed by atoms with Crippen molar-refractivity contribution in [2.45, 2.75) is 0 Å². The molecule has 1 heterocycles. The second-order valence-electron chi connectivity index (χ2n) is 4.14. The van der Waals surface area contributed by atoms with Gasteiger partial charge in [-0.25, -0.2) is 4.98 Å². The van der Waals surface area contributed by atoms with Crippen LogP contribution in [0, 0.1) is 0 Å². The molecule has 0 saturated heterocycles. The molecular weight excluding hydrogens is 276 g/mol. The number of hydrogen-bond acceptors (Lipinski definition) is 3. The number of nitrogens with two attached hydrogens (primary N) is 1. The van der Waals surface area contributed by atoms with Crippen LogP contribution in [0.15, 0.2) is 53.9 Å². The number of nitrogens with zero attached hydrogens (tertiary/aromatic N) is 1. The molecule has 3 rings (SSSR count). The van der Waals surface area contributed by atoms with Crippen molar-refractivity contribution in [2.75, 3.05) is 5.73 Å². The monoisotopic (exact) mass is 286 g/mol. The van der Waals surface area contributed by atoms with Crippen molar-refractivity contribution >= 4 is 28.6 Å². The highest BCUT2D eigenvalue weighted by molar-refractivity contribution is 7.13. The quantitative estimate of drug-likeness (QED) is 0.693. The Bertz CT molecular complexity index is 704. The maximum Gasteiger partial charge on any atom is 0.124 e. The second-order valence-corrected chi connectivity index (χ2v) is 5.41. The lowest BCUT2D eigenvalue weighted by Gasteiger charge is -1.99. The van der Waals surface area contributed by atoms with Crippen LogP contribution in [-0.4, -0.2) is 4.98 Å². The van der Waals surface area contributed by atoms with Crippen molar-refractivity contribution < 1.29 is 0 Å². The van der Waals surface area contributed by atoms with Gasteiger partial charge in [-0.05, 0) is 30.3 Å². The van der Waals surface area contributed by atoms with E-state index in [1.807, 2.05) is 53.9 Å². The van der Waals surface area contributed by atoms with Crippen LogP contribution >= 0.6 is 22.9 Å². The van der Waals surface area contributed by atoms with Gasteiger partial charge in [0.25, 0.3) is 0 Å². The third-order valence-corrected chi connectivity index (χ3v) is 4.03. The van der Waals surface area contributed by atoms with Gasteiger partial charge in [0, 0.05) is 27.2 Å². The third-order valence-electron chi connectivity index (χ3n) is 2.81. The molecule has 94 valence electrons. The first-order chi connectivity index (χ1) is 9.24. The van der Waals surface area contributed by atoms with Gasteiger partial charge in [-0.15, -0.1) is 11.3 Å². The van der Waals surface area contributed by atoms with Crippen LogP contribution in [-0.2, 0) is 0 Å². The summed E-state index contributed by atoms with van der Waals surface area (Å²) in [7, 11) is 0. The van der Waals surface area contributed by atoms with E-state index in [0.717, 1.165) is 32.5 Å². The average Bonchev–Trinajstić information content (AvgIpc) is 2.89. The zero-order valence-electron chi connectivity index (χ0n) is 10.0. The van der Waals surface area contributed by atoms with Crippen LogP contribution < -0.4 is 5.73 Å². The summed E-state index contributed by atoms with van der Waals surface area (Å²) in [5.74, 6) is 0. The number of nitrogen functional groups attached to an aromatic ring is 1. The number of anilines is 1. The zero-order chi connectivity index (χ0) is 13.2. The summed E-state index contributed by atoms with van der Waals surface area (Å²) in [6.07, 6.45) is 0. The maximum absolute atomic E-state index is 6.18. The average molecular weight is 287 g/mol. The molecule has 0 unspecified atom stereocenters. The molecule has 2 N–H and O–H groups in total. The van der Waals surface area contributed by atoms with Crippen LogP contribution in [0.5, 0.6) is 0 Å². The summed E-state index contributed by atoms with van der Waals surface area (Å²) in [5, 5.41) is 3.71. The van der Waals surface area contributed by atoms with E-state index < -0.39 is 0 Å². The first kappa shape index (κ1) is 12.2. The predicted molar refractivity (Wildman–Crippen MR) is 82.4 cm³/mol. The lowest BCUT2D eigenvalue weighted by Crippen LogP contribution is -1.84. The molecule has 1 aromatic heterocycles. The molecule has 0 fully saturated rings. The molecule has 0 aliphatic carbocycles. The Labute approximate surface area is 120 Å². The number of thiazole rings is 1. The maximum atomic E-state index is 6.18. The molecule has 2 nitrogen and oxygen atoms in total. The summed E-state index contributed by atoms with van der Waals surface area (Å²) in [6.45, 7) is 0. The first-order valence-corrected chi connectivity index (χ1v) is 7.06. The van der Waals surface area contributed by atoms with Crippen LogP contribution in [0.3, 0.4) is 0 Å². The Hall–Kier alpha value is -1.84. The van der Waals surface area contributed by atoms with Gasteiger partial charge in [-0.3, -0.25) is 0 Å². The molecular formula is C15H11ClN2S.